The minimum absolute atomic E-state index is 0.168. The summed E-state index contributed by atoms with van der Waals surface area (Å²) in [5.74, 6) is -4.27. The molecule has 1 fully saturated rings. The van der Waals surface area contributed by atoms with Crippen LogP contribution in [0, 0.1) is 11.6 Å². The summed E-state index contributed by atoms with van der Waals surface area (Å²) >= 11 is 1.20. The highest BCUT2D eigenvalue weighted by atomic mass is 32.1. The van der Waals surface area contributed by atoms with Crippen molar-refractivity contribution in [3.63, 3.8) is 0 Å². The highest BCUT2D eigenvalue weighted by Gasteiger charge is 2.32. The number of halogens is 2. The van der Waals surface area contributed by atoms with Crippen molar-refractivity contribution in [2.45, 2.75) is 32.1 Å². The zero-order valence-corrected chi connectivity index (χ0v) is 18.6. The maximum Gasteiger partial charge on any atom is 0.341 e. The van der Waals surface area contributed by atoms with E-state index in [1.165, 1.54) is 11.3 Å². The SMILES string of the molecule is CCOC(=O)c1c(C2CC2)csc1NC(=O)COC(=O)CCNC(=O)c1ccc(F)cc1F. The quantitative estimate of drug-likeness (QED) is 0.505. The van der Waals surface area contributed by atoms with Crippen molar-refractivity contribution in [1.29, 1.82) is 0 Å². The summed E-state index contributed by atoms with van der Waals surface area (Å²) in [6.07, 6.45) is 1.68. The number of hydrogen-bond acceptors (Lipinski definition) is 7. The van der Waals surface area contributed by atoms with E-state index in [2.05, 4.69) is 10.6 Å². The van der Waals surface area contributed by atoms with Gasteiger partial charge in [0.25, 0.3) is 11.8 Å². The first-order chi connectivity index (χ1) is 15.8. The van der Waals surface area contributed by atoms with Crippen LogP contribution in [0.3, 0.4) is 0 Å². The average molecular weight is 480 g/mol. The van der Waals surface area contributed by atoms with E-state index in [4.69, 9.17) is 9.47 Å². The third-order valence-corrected chi connectivity index (χ3v) is 5.64. The number of carbonyl (C=O) groups is 4. The molecule has 0 spiro atoms. The first-order valence-electron chi connectivity index (χ1n) is 10.3. The number of ether oxygens (including phenoxy) is 2. The second-order valence-electron chi connectivity index (χ2n) is 7.23. The number of anilines is 1. The van der Waals surface area contributed by atoms with Crippen LogP contribution < -0.4 is 10.6 Å². The molecule has 0 bridgehead atoms. The van der Waals surface area contributed by atoms with E-state index in [0.717, 1.165) is 30.5 Å². The predicted molar refractivity (Wildman–Crippen MR) is 115 cm³/mol. The fourth-order valence-corrected chi connectivity index (χ4v) is 4.05. The Morgan fingerprint density at radius 3 is 2.58 bits per heavy atom. The minimum Gasteiger partial charge on any atom is -0.462 e. The molecule has 0 unspecified atom stereocenters. The van der Waals surface area contributed by atoms with Gasteiger partial charge in [-0.1, -0.05) is 0 Å². The van der Waals surface area contributed by atoms with Gasteiger partial charge in [-0.2, -0.15) is 0 Å². The summed E-state index contributed by atoms with van der Waals surface area (Å²) in [4.78, 5) is 48.2. The van der Waals surface area contributed by atoms with Crippen LogP contribution in [-0.2, 0) is 19.1 Å². The molecular formula is C22H22F2N2O6S. The molecule has 1 aliphatic rings. The number of benzene rings is 1. The minimum atomic E-state index is -1.02. The monoisotopic (exact) mass is 480 g/mol. The number of rotatable bonds is 10. The van der Waals surface area contributed by atoms with Crippen LogP contribution in [0.15, 0.2) is 23.6 Å². The molecule has 176 valence electrons. The zero-order chi connectivity index (χ0) is 24.0. The van der Waals surface area contributed by atoms with Gasteiger partial charge < -0.3 is 20.1 Å². The first kappa shape index (κ1) is 24.3. The Morgan fingerprint density at radius 2 is 1.91 bits per heavy atom. The Labute approximate surface area is 192 Å². The topological polar surface area (TPSA) is 111 Å². The van der Waals surface area contributed by atoms with E-state index in [0.29, 0.717) is 16.6 Å². The van der Waals surface area contributed by atoms with Crippen LogP contribution in [0.2, 0.25) is 0 Å². The van der Waals surface area contributed by atoms with Crippen molar-refractivity contribution < 1.29 is 37.4 Å². The van der Waals surface area contributed by atoms with Gasteiger partial charge in [-0.05, 0) is 48.8 Å². The summed E-state index contributed by atoms with van der Waals surface area (Å²) < 4.78 is 36.5. The second-order valence-corrected chi connectivity index (χ2v) is 8.11. The van der Waals surface area contributed by atoms with Crippen LogP contribution in [0.4, 0.5) is 13.8 Å². The number of esters is 2. The standard InChI is InChI=1S/C22H22F2N2O6S/c1-2-31-22(30)19-15(12-3-4-12)11-33-21(19)26-17(27)10-32-18(28)7-8-25-20(29)14-6-5-13(23)9-16(14)24/h5-6,9,11-12H,2-4,7-8,10H2,1H3,(H,25,29)(H,26,27). The molecule has 8 nitrogen and oxygen atoms in total. The van der Waals surface area contributed by atoms with Crippen molar-refractivity contribution in [1.82, 2.24) is 5.32 Å². The van der Waals surface area contributed by atoms with E-state index >= 15 is 0 Å². The molecule has 0 atom stereocenters. The molecular weight excluding hydrogens is 458 g/mol. The van der Waals surface area contributed by atoms with Gasteiger partial charge >= 0.3 is 11.9 Å². The highest BCUT2D eigenvalue weighted by Crippen LogP contribution is 2.46. The molecule has 11 heteroatoms. The third kappa shape index (κ3) is 6.58. The summed E-state index contributed by atoms with van der Waals surface area (Å²) in [6.45, 7) is 1.14. The van der Waals surface area contributed by atoms with Crippen LogP contribution in [0.1, 0.15) is 58.4 Å². The molecule has 1 aliphatic carbocycles. The number of carbonyl (C=O) groups excluding carboxylic acids is 4. The molecule has 1 heterocycles. The van der Waals surface area contributed by atoms with Crippen LogP contribution in [0.5, 0.6) is 0 Å². The largest absolute Gasteiger partial charge is 0.462 e. The Bertz CT molecular complexity index is 1070. The summed E-state index contributed by atoms with van der Waals surface area (Å²) in [7, 11) is 0. The van der Waals surface area contributed by atoms with Crippen LogP contribution >= 0.6 is 11.3 Å². The van der Waals surface area contributed by atoms with Crippen LogP contribution in [0.25, 0.3) is 0 Å². The van der Waals surface area contributed by atoms with Gasteiger partial charge in [-0.15, -0.1) is 11.3 Å². The maximum absolute atomic E-state index is 13.6. The van der Waals surface area contributed by atoms with E-state index in [1.807, 2.05) is 5.38 Å². The molecule has 1 saturated carbocycles. The molecule has 1 aromatic carbocycles. The van der Waals surface area contributed by atoms with Gasteiger partial charge in [-0.3, -0.25) is 14.4 Å². The van der Waals surface area contributed by atoms with Gasteiger partial charge in [0, 0.05) is 12.6 Å². The summed E-state index contributed by atoms with van der Waals surface area (Å²) in [5.41, 5.74) is 0.821. The lowest BCUT2D eigenvalue weighted by Crippen LogP contribution is -2.28. The van der Waals surface area contributed by atoms with Crippen molar-refractivity contribution in [3.05, 3.63) is 51.9 Å². The lowest BCUT2D eigenvalue weighted by molar-refractivity contribution is -0.147. The van der Waals surface area contributed by atoms with Crippen molar-refractivity contribution >= 4 is 40.1 Å². The summed E-state index contributed by atoms with van der Waals surface area (Å²) in [6, 6.07) is 2.52. The average Bonchev–Trinajstić information content (AvgIpc) is 3.52. The molecule has 0 saturated heterocycles. The third-order valence-electron chi connectivity index (χ3n) is 4.72. The molecule has 3 rings (SSSR count). The van der Waals surface area contributed by atoms with Crippen molar-refractivity contribution in [3.8, 4) is 0 Å². The van der Waals surface area contributed by atoms with Gasteiger partial charge in [0.2, 0.25) is 0 Å². The molecule has 2 N–H and O–H groups in total. The molecule has 33 heavy (non-hydrogen) atoms. The number of hydrogen-bond donors (Lipinski definition) is 2. The molecule has 1 aromatic heterocycles. The smallest absolute Gasteiger partial charge is 0.341 e. The van der Waals surface area contributed by atoms with E-state index in [9.17, 15) is 28.0 Å². The van der Waals surface area contributed by atoms with Gasteiger partial charge in [0.05, 0.1) is 24.2 Å². The van der Waals surface area contributed by atoms with Gasteiger partial charge in [0.1, 0.15) is 16.6 Å². The Kier molecular flexibility index (Phi) is 8.10. The second kappa shape index (κ2) is 11.0. The number of nitrogens with one attached hydrogen (secondary N) is 2. The fourth-order valence-electron chi connectivity index (χ4n) is 3.00. The maximum atomic E-state index is 13.6. The summed E-state index contributed by atoms with van der Waals surface area (Å²) in [5, 5.41) is 7.05. The molecule has 0 radical (unpaired) electrons. The Balaban J connectivity index is 1.45. The fraction of sp³-hybridized carbons (Fsp3) is 0.364. The van der Waals surface area contributed by atoms with Crippen molar-refractivity contribution in [2.24, 2.45) is 0 Å². The number of amides is 2. The lowest BCUT2D eigenvalue weighted by Gasteiger charge is -2.09. The number of thiophene rings is 1. The molecule has 0 aliphatic heterocycles. The van der Waals surface area contributed by atoms with Crippen LogP contribution in [-0.4, -0.2) is 43.5 Å². The van der Waals surface area contributed by atoms with Crippen molar-refractivity contribution in [2.75, 3.05) is 25.1 Å². The normalized spacial score (nSPS) is 12.7. The Hall–Kier alpha value is -3.34. The molecule has 2 aromatic rings. The Morgan fingerprint density at radius 1 is 1.15 bits per heavy atom. The van der Waals surface area contributed by atoms with E-state index in [-0.39, 0.29) is 31.1 Å². The van der Waals surface area contributed by atoms with Gasteiger partial charge in [-0.25, -0.2) is 13.6 Å². The predicted octanol–water partition coefficient (Wildman–Crippen LogP) is 3.38. The van der Waals surface area contributed by atoms with E-state index < -0.39 is 42.0 Å². The lowest BCUT2D eigenvalue weighted by atomic mass is 10.1. The molecule has 2 amide bonds. The van der Waals surface area contributed by atoms with E-state index in [1.54, 1.807) is 6.92 Å². The highest BCUT2D eigenvalue weighted by molar-refractivity contribution is 7.15. The zero-order valence-electron chi connectivity index (χ0n) is 17.7. The van der Waals surface area contributed by atoms with Gasteiger partial charge in [0.15, 0.2) is 6.61 Å². The first-order valence-corrected chi connectivity index (χ1v) is 11.1.